The first-order valence-corrected chi connectivity index (χ1v) is 7.45. The van der Waals surface area contributed by atoms with Gasteiger partial charge in [-0.3, -0.25) is 9.13 Å². The molecule has 3 aromatic rings. The van der Waals surface area contributed by atoms with E-state index in [0.29, 0.717) is 0 Å². The van der Waals surface area contributed by atoms with E-state index >= 15 is 0 Å². The Morgan fingerprint density at radius 2 is 1.62 bits per heavy atom. The number of hydrogen-bond acceptors (Lipinski definition) is 2. The van der Waals surface area contributed by atoms with Crippen LogP contribution in [0.3, 0.4) is 0 Å². The van der Waals surface area contributed by atoms with E-state index in [1.54, 1.807) is 23.2 Å². The van der Waals surface area contributed by atoms with Crippen molar-refractivity contribution in [2.75, 3.05) is 0 Å². The first kappa shape index (κ1) is 14.1. The van der Waals surface area contributed by atoms with Crippen molar-refractivity contribution in [3.63, 3.8) is 0 Å². The maximum atomic E-state index is 12.0. The molecule has 0 aliphatic rings. The van der Waals surface area contributed by atoms with Crippen molar-refractivity contribution in [1.82, 2.24) is 9.13 Å². The molecule has 1 heterocycles. The maximum absolute atomic E-state index is 12.0. The Morgan fingerprint density at radius 1 is 1.05 bits per heavy atom. The molecule has 1 atom stereocenters. The second kappa shape index (κ2) is 5.16. The van der Waals surface area contributed by atoms with Crippen molar-refractivity contribution in [3.05, 3.63) is 68.5 Å². The summed E-state index contributed by atoms with van der Waals surface area (Å²) in [5.41, 5.74) is 10.1. The molecule has 0 aliphatic carbocycles. The molecule has 0 radical (unpaired) electrons. The zero-order valence-electron chi connectivity index (χ0n) is 11.9. The molecule has 0 amide bonds. The number of nitrogens with two attached hydrogens (primary N) is 1. The van der Waals surface area contributed by atoms with Gasteiger partial charge in [0, 0.05) is 18.6 Å². The number of nitrogens with zero attached hydrogens (tertiary/aromatic N) is 2. The van der Waals surface area contributed by atoms with E-state index in [1.165, 1.54) is 0 Å². The summed E-state index contributed by atoms with van der Waals surface area (Å²) >= 11 is 3.58. The molecule has 4 nitrogen and oxygen atoms in total. The van der Waals surface area contributed by atoms with E-state index in [0.717, 1.165) is 26.6 Å². The largest absolute Gasteiger partial charge is 0.328 e. The fourth-order valence-electron chi connectivity index (χ4n) is 2.61. The van der Waals surface area contributed by atoms with Crippen molar-refractivity contribution in [3.8, 4) is 0 Å². The Morgan fingerprint density at radius 3 is 2.24 bits per heavy atom. The Kier molecular flexibility index (Phi) is 3.47. The van der Waals surface area contributed by atoms with Gasteiger partial charge in [-0.2, -0.15) is 0 Å². The van der Waals surface area contributed by atoms with Gasteiger partial charge >= 0.3 is 5.69 Å². The average molecular weight is 346 g/mol. The van der Waals surface area contributed by atoms with Crippen molar-refractivity contribution in [2.45, 2.75) is 6.04 Å². The highest BCUT2D eigenvalue weighted by atomic mass is 79.9. The van der Waals surface area contributed by atoms with E-state index in [-0.39, 0.29) is 11.7 Å². The summed E-state index contributed by atoms with van der Waals surface area (Å²) in [5, 5.41) is 0. The zero-order valence-corrected chi connectivity index (χ0v) is 13.5. The highest BCUT2D eigenvalue weighted by Crippen LogP contribution is 2.30. The van der Waals surface area contributed by atoms with Crippen LogP contribution in [-0.4, -0.2) is 9.13 Å². The third-order valence-electron chi connectivity index (χ3n) is 3.88. The summed E-state index contributed by atoms with van der Waals surface area (Å²) in [5.74, 6) is 0. The topological polar surface area (TPSA) is 53.0 Å². The number of imidazole rings is 1. The smallest absolute Gasteiger partial charge is 0.320 e. The molecule has 0 saturated carbocycles. The monoisotopic (exact) mass is 345 g/mol. The lowest BCUT2D eigenvalue weighted by atomic mass is 9.99. The zero-order chi connectivity index (χ0) is 15.1. The molecule has 0 spiro atoms. The van der Waals surface area contributed by atoms with Crippen LogP contribution in [0.5, 0.6) is 0 Å². The molecule has 2 N–H and O–H groups in total. The molecular weight excluding hydrogens is 330 g/mol. The van der Waals surface area contributed by atoms with E-state index < -0.39 is 0 Å². The predicted octanol–water partition coefficient (Wildman–Crippen LogP) is 2.69. The third-order valence-corrected chi connectivity index (χ3v) is 4.57. The summed E-state index contributed by atoms with van der Waals surface area (Å²) < 4.78 is 4.19. The molecule has 0 saturated heterocycles. The molecule has 0 aliphatic heterocycles. The number of rotatable bonds is 2. The first-order valence-electron chi connectivity index (χ1n) is 6.66. The molecular formula is C16H16BrN3O. The third kappa shape index (κ3) is 2.22. The molecule has 21 heavy (non-hydrogen) atoms. The van der Waals surface area contributed by atoms with Gasteiger partial charge in [0.2, 0.25) is 0 Å². The Bertz CT molecular complexity index is 865. The lowest BCUT2D eigenvalue weighted by Crippen LogP contribution is -2.19. The standard InChI is InChI=1S/C16H16BrN3O/c1-19-13-8-11(15(18)10-6-4-3-5-7-10)12(17)9-14(13)20(2)16(19)21/h3-9,15H,18H2,1-2H3. The molecule has 108 valence electrons. The number of halogens is 1. The van der Waals surface area contributed by atoms with E-state index in [4.69, 9.17) is 5.73 Å². The summed E-state index contributed by atoms with van der Waals surface area (Å²) in [7, 11) is 3.55. The van der Waals surface area contributed by atoms with Crippen molar-refractivity contribution in [1.29, 1.82) is 0 Å². The van der Waals surface area contributed by atoms with Gasteiger partial charge in [0.05, 0.1) is 17.1 Å². The second-order valence-corrected chi connectivity index (χ2v) is 6.01. The lowest BCUT2D eigenvalue weighted by Gasteiger charge is -2.15. The Hall–Kier alpha value is -1.85. The van der Waals surface area contributed by atoms with Gasteiger partial charge in [-0.25, -0.2) is 4.79 Å². The predicted molar refractivity (Wildman–Crippen MR) is 88.3 cm³/mol. The van der Waals surface area contributed by atoms with Crippen LogP contribution in [0.1, 0.15) is 17.2 Å². The average Bonchev–Trinajstić information content (AvgIpc) is 2.71. The van der Waals surface area contributed by atoms with Gasteiger partial charge in [-0.1, -0.05) is 46.3 Å². The summed E-state index contributed by atoms with van der Waals surface area (Å²) in [6.45, 7) is 0. The quantitative estimate of drug-likeness (QED) is 0.776. The summed E-state index contributed by atoms with van der Waals surface area (Å²) in [4.78, 5) is 12.0. The van der Waals surface area contributed by atoms with Crippen LogP contribution in [0.2, 0.25) is 0 Å². The van der Waals surface area contributed by atoms with Gasteiger partial charge < -0.3 is 5.73 Å². The van der Waals surface area contributed by atoms with Gasteiger partial charge in [-0.15, -0.1) is 0 Å². The van der Waals surface area contributed by atoms with Gasteiger partial charge in [0.25, 0.3) is 0 Å². The van der Waals surface area contributed by atoms with E-state index in [2.05, 4.69) is 15.9 Å². The molecule has 2 aromatic carbocycles. The van der Waals surface area contributed by atoms with Crippen LogP contribution in [0.15, 0.2) is 51.7 Å². The van der Waals surface area contributed by atoms with Crippen molar-refractivity contribution in [2.24, 2.45) is 19.8 Å². The van der Waals surface area contributed by atoms with Crippen molar-refractivity contribution >= 4 is 27.0 Å². The fraction of sp³-hybridized carbons (Fsp3) is 0.188. The number of aromatic nitrogens is 2. The van der Waals surface area contributed by atoms with Gasteiger partial charge in [0.1, 0.15) is 0 Å². The molecule has 3 rings (SSSR count). The molecule has 0 bridgehead atoms. The minimum absolute atomic E-state index is 0.0395. The number of benzene rings is 2. The highest BCUT2D eigenvalue weighted by molar-refractivity contribution is 9.10. The Balaban J connectivity index is 2.22. The minimum Gasteiger partial charge on any atom is -0.320 e. The Labute approximate surface area is 130 Å². The van der Waals surface area contributed by atoms with Crippen LogP contribution >= 0.6 is 15.9 Å². The van der Waals surface area contributed by atoms with E-state index in [9.17, 15) is 4.79 Å². The van der Waals surface area contributed by atoms with Crippen molar-refractivity contribution < 1.29 is 0 Å². The van der Waals surface area contributed by atoms with Gasteiger partial charge in [0.15, 0.2) is 0 Å². The number of aryl methyl sites for hydroxylation is 2. The number of hydrogen-bond donors (Lipinski definition) is 1. The fourth-order valence-corrected chi connectivity index (χ4v) is 3.19. The SMILES string of the molecule is Cn1c(=O)n(C)c2cc(C(N)c3ccccc3)c(Br)cc21. The minimum atomic E-state index is -0.236. The molecule has 0 fully saturated rings. The summed E-state index contributed by atoms with van der Waals surface area (Å²) in [6.07, 6.45) is 0. The molecule has 5 heteroatoms. The lowest BCUT2D eigenvalue weighted by molar-refractivity contribution is 0.795. The normalized spacial score (nSPS) is 12.8. The van der Waals surface area contributed by atoms with Crippen LogP contribution < -0.4 is 11.4 Å². The van der Waals surface area contributed by atoms with Crippen LogP contribution in [0.25, 0.3) is 11.0 Å². The first-order chi connectivity index (χ1) is 10.0. The number of fused-ring (bicyclic) bond motifs is 1. The second-order valence-electron chi connectivity index (χ2n) is 5.15. The maximum Gasteiger partial charge on any atom is 0.328 e. The van der Waals surface area contributed by atoms with E-state index in [1.807, 2.05) is 42.5 Å². The highest BCUT2D eigenvalue weighted by Gasteiger charge is 2.16. The van der Waals surface area contributed by atoms with Crippen LogP contribution in [0.4, 0.5) is 0 Å². The van der Waals surface area contributed by atoms with Crippen LogP contribution in [-0.2, 0) is 14.1 Å². The van der Waals surface area contributed by atoms with Crippen LogP contribution in [0, 0.1) is 0 Å². The molecule has 1 unspecified atom stereocenters. The molecule has 1 aromatic heterocycles. The summed E-state index contributed by atoms with van der Waals surface area (Å²) in [6, 6.07) is 13.6. The van der Waals surface area contributed by atoms with Gasteiger partial charge in [-0.05, 0) is 23.3 Å².